The standard InChI is InChI=1S/C18H24ClN3O2S/c1-18(2,3)15-11-22(9-8-20-4)17(25-15)21-16(23)13-10-12(19)6-7-14(13)24-5/h6-7,10-11,20H,8-9H2,1-5H3/b21-17-. The van der Waals surface area contributed by atoms with Crippen molar-refractivity contribution in [2.45, 2.75) is 32.7 Å². The topological polar surface area (TPSA) is 55.6 Å². The van der Waals surface area contributed by atoms with Crippen molar-refractivity contribution in [3.8, 4) is 5.75 Å². The van der Waals surface area contributed by atoms with E-state index < -0.39 is 0 Å². The molecule has 0 spiro atoms. The summed E-state index contributed by atoms with van der Waals surface area (Å²) in [6.45, 7) is 7.97. The number of nitrogens with zero attached hydrogens (tertiary/aromatic N) is 2. The number of amides is 1. The third kappa shape index (κ3) is 4.93. The van der Waals surface area contributed by atoms with Crippen molar-refractivity contribution in [1.29, 1.82) is 0 Å². The number of likely N-dealkylation sites (N-methyl/N-ethyl adjacent to an activating group) is 1. The molecular weight excluding hydrogens is 358 g/mol. The normalized spacial score (nSPS) is 12.5. The van der Waals surface area contributed by atoms with Crippen LogP contribution in [0.1, 0.15) is 36.0 Å². The lowest BCUT2D eigenvalue weighted by Gasteiger charge is -2.14. The second-order valence-electron chi connectivity index (χ2n) is 6.69. The van der Waals surface area contributed by atoms with Gasteiger partial charge in [-0.25, -0.2) is 0 Å². The molecule has 1 aromatic carbocycles. The Balaban J connectivity index is 2.50. The Hall–Kier alpha value is -1.63. The molecule has 0 bridgehead atoms. The minimum atomic E-state index is -0.361. The summed E-state index contributed by atoms with van der Waals surface area (Å²) in [7, 11) is 3.42. The van der Waals surface area contributed by atoms with Gasteiger partial charge in [-0.2, -0.15) is 4.99 Å². The molecular formula is C18H24ClN3O2S. The van der Waals surface area contributed by atoms with Crippen molar-refractivity contribution in [1.82, 2.24) is 9.88 Å². The van der Waals surface area contributed by atoms with Gasteiger partial charge in [0, 0.05) is 29.2 Å². The average Bonchev–Trinajstić information content (AvgIpc) is 2.95. The van der Waals surface area contributed by atoms with Crippen molar-refractivity contribution in [2.24, 2.45) is 4.99 Å². The first kappa shape index (κ1) is 19.7. The quantitative estimate of drug-likeness (QED) is 0.862. The molecule has 5 nitrogen and oxygen atoms in total. The van der Waals surface area contributed by atoms with Gasteiger partial charge >= 0.3 is 0 Å². The molecule has 1 amide bonds. The van der Waals surface area contributed by atoms with Crippen LogP contribution in [0.25, 0.3) is 0 Å². The van der Waals surface area contributed by atoms with E-state index in [-0.39, 0.29) is 11.3 Å². The van der Waals surface area contributed by atoms with Crippen molar-refractivity contribution < 1.29 is 9.53 Å². The zero-order chi connectivity index (χ0) is 18.6. The second-order valence-corrected chi connectivity index (χ2v) is 8.13. The third-order valence-electron chi connectivity index (χ3n) is 3.65. The number of methoxy groups -OCH3 is 1. The van der Waals surface area contributed by atoms with Gasteiger partial charge in [0.05, 0.1) is 12.7 Å². The Morgan fingerprint density at radius 3 is 2.72 bits per heavy atom. The number of benzene rings is 1. The van der Waals surface area contributed by atoms with Crippen LogP contribution in [0.15, 0.2) is 29.4 Å². The molecule has 7 heteroatoms. The summed E-state index contributed by atoms with van der Waals surface area (Å²) >= 11 is 7.56. The highest BCUT2D eigenvalue weighted by Gasteiger charge is 2.19. The van der Waals surface area contributed by atoms with E-state index in [2.05, 4.69) is 37.3 Å². The fourth-order valence-electron chi connectivity index (χ4n) is 2.20. The van der Waals surface area contributed by atoms with Crippen molar-refractivity contribution in [3.63, 3.8) is 0 Å². The summed E-state index contributed by atoms with van der Waals surface area (Å²) < 4.78 is 7.27. The summed E-state index contributed by atoms with van der Waals surface area (Å²) in [5.74, 6) is 0.104. The lowest BCUT2D eigenvalue weighted by atomic mass is 9.95. The Bertz CT molecular complexity index is 818. The molecule has 0 aliphatic rings. The number of rotatable bonds is 5. The molecule has 25 heavy (non-hydrogen) atoms. The Morgan fingerprint density at radius 2 is 2.12 bits per heavy atom. The van der Waals surface area contributed by atoms with Crippen LogP contribution >= 0.6 is 22.9 Å². The van der Waals surface area contributed by atoms with Crippen LogP contribution in [0.3, 0.4) is 0 Å². The Morgan fingerprint density at radius 1 is 1.40 bits per heavy atom. The number of thiazole rings is 1. The lowest BCUT2D eigenvalue weighted by molar-refractivity contribution is 0.0995. The van der Waals surface area contributed by atoms with Gasteiger partial charge in [0.25, 0.3) is 5.91 Å². The number of ether oxygens (including phenoxy) is 1. The predicted molar refractivity (Wildman–Crippen MR) is 103 cm³/mol. The maximum atomic E-state index is 12.7. The van der Waals surface area contributed by atoms with E-state index in [4.69, 9.17) is 16.3 Å². The molecule has 1 N–H and O–H groups in total. The Labute approximate surface area is 157 Å². The molecule has 1 heterocycles. The number of carbonyl (C=O) groups excluding carboxylic acids is 1. The monoisotopic (exact) mass is 381 g/mol. The minimum absolute atomic E-state index is 0.00335. The van der Waals surface area contributed by atoms with E-state index in [9.17, 15) is 4.79 Å². The summed E-state index contributed by atoms with van der Waals surface area (Å²) in [6.07, 6.45) is 2.07. The molecule has 2 aromatic rings. The number of aromatic nitrogens is 1. The van der Waals surface area contributed by atoms with Crippen molar-refractivity contribution in [3.05, 3.63) is 44.7 Å². The fourth-order valence-corrected chi connectivity index (χ4v) is 3.45. The van der Waals surface area contributed by atoms with Gasteiger partial charge in [0.2, 0.25) is 0 Å². The summed E-state index contributed by atoms with van der Waals surface area (Å²) in [5, 5.41) is 3.60. The molecule has 0 unspecified atom stereocenters. The maximum absolute atomic E-state index is 12.7. The number of carbonyl (C=O) groups is 1. The first-order valence-electron chi connectivity index (χ1n) is 8.04. The zero-order valence-corrected chi connectivity index (χ0v) is 16.8. The first-order valence-corrected chi connectivity index (χ1v) is 9.23. The van der Waals surface area contributed by atoms with E-state index in [1.807, 2.05) is 11.6 Å². The average molecular weight is 382 g/mol. The maximum Gasteiger partial charge on any atom is 0.283 e. The van der Waals surface area contributed by atoms with Gasteiger partial charge in [-0.1, -0.05) is 32.4 Å². The first-order chi connectivity index (χ1) is 11.8. The van der Waals surface area contributed by atoms with Crippen LogP contribution in [-0.4, -0.2) is 31.2 Å². The molecule has 0 aliphatic heterocycles. The molecule has 0 saturated heterocycles. The van der Waals surface area contributed by atoms with E-state index in [1.54, 1.807) is 18.2 Å². The van der Waals surface area contributed by atoms with E-state index in [0.29, 0.717) is 21.1 Å². The van der Waals surface area contributed by atoms with Crippen LogP contribution in [-0.2, 0) is 12.0 Å². The van der Waals surface area contributed by atoms with Crippen molar-refractivity contribution >= 4 is 28.8 Å². The van der Waals surface area contributed by atoms with Crippen LogP contribution in [0.4, 0.5) is 0 Å². The smallest absolute Gasteiger partial charge is 0.283 e. The summed E-state index contributed by atoms with van der Waals surface area (Å²) in [5.41, 5.74) is 0.359. The number of hydrogen-bond donors (Lipinski definition) is 1. The van der Waals surface area contributed by atoms with E-state index in [1.165, 1.54) is 23.3 Å². The summed E-state index contributed by atoms with van der Waals surface area (Å²) in [6, 6.07) is 4.95. The summed E-state index contributed by atoms with van der Waals surface area (Å²) in [4.78, 5) is 18.9. The van der Waals surface area contributed by atoms with Crippen LogP contribution < -0.4 is 14.9 Å². The SMILES string of the molecule is CNCCn1cc(C(C)(C)C)s/c1=N\C(=O)c1cc(Cl)ccc1OC. The molecule has 1 aromatic heterocycles. The molecule has 0 aliphatic carbocycles. The number of halogens is 1. The largest absolute Gasteiger partial charge is 0.496 e. The van der Waals surface area contributed by atoms with Crippen molar-refractivity contribution in [2.75, 3.05) is 20.7 Å². The van der Waals surface area contributed by atoms with Gasteiger partial charge < -0.3 is 14.6 Å². The minimum Gasteiger partial charge on any atom is -0.496 e. The number of nitrogens with one attached hydrogen (secondary N) is 1. The molecule has 2 rings (SSSR count). The molecule has 0 atom stereocenters. The highest BCUT2D eigenvalue weighted by atomic mass is 35.5. The molecule has 136 valence electrons. The highest BCUT2D eigenvalue weighted by Crippen LogP contribution is 2.25. The number of hydrogen-bond acceptors (Lipinski definition) is 4. The lowest BCUT2D eigenvalue weighted by Crippen LogP contribution is -2.22. The van der Waals surface area contributed by atoms with Crippen LogP contribution in [0, 0.1) is 0 Å². The van der Waals surface area contributed by atoms with Gasteiger partial charge in [0.15, 0.2) is 4.80 Å². The Kier molecular flexibility index (Phi) is 6.43. The zero-order valence-electron chi connectivity index (χ0n) is 15.2. The van der Waals surface area contributed by atoms with Crippen LogP contribution in [0.2, 0.25) is 5.02 Å². The van der Waals surface area contributed by atoms with Gasteiger partial charge in [-0.15, -0.1) is 11.3 Å². The van der Waals surface area contributed by atoms with E-state index in [0.717, 1.165) is 13.1 Å². The van der Waals surface area contributed by atoms with Crippen LogP contribution in [0.5, 0.6) is 5.75 Å². The predicted octanol–water partition coefficient (Wildman–Crippen LogP) is 3.47. The fraction of sp³-hybridized carbons (Fsp3) is 0.444. The highest BCUT2D eigenvalue weighted by molar-refractivity contribution is 7.09. The molecule has 0 saturated carbocycles. The second kappa shape index (κ2) is 8.17. The van der Waals surface area contributed by atoms with Gasteiger partial charge in [0.1, 0.15) is 5.75 Å². The van der Waals surface area contributed by atoms with Gasteiger partial charge in [-0.05, 0) is 30.7 Å². The third-order valence-corrected chi connectivity index (χ3v) is 5.33. The van der Waals surface area contributed by atoms with E-state index >= 15 is 0 Å². The molecule has 0 fully saturated rings. The van der Waals surface area contributed by atoms with Gasteiger partial charge in [-0.3, -0.25) is 4.79 Å². The molecule has 0 radical (unpaired) electrons.